The van der Waals surface area contributed by atoms with Gasteiger partial charge in [-0.15, -0.1) is 0 Å². The molecule has 0 saturated carbocycles. The van der Waals surface area contributed by atoms with Crippen molar-refractivity contribution in [3.05, 3.63) is 0 Å². The third-order valence-corrected chi connectivity index (χ3v) is 5.58. The molecule has 1 saturated heterocycles. The maximum Gasteiger partial charge on any atom is 0.222 e. The number of amides is 1. The Bertz CT molecular complexity index is 315. The van der Waals surface area contributed by atoms with Crippen LogP contribution in [-0.4, -0.2) is 23.4 Å². The van der Waals surface area contributed by atoms with Gasteiger partial charge in [0.1, 0.15) is 0 Å². The highest BCUT2D eigenvalue weighted by Gasteiger charge is 2.23. The Morgan fingerprint density at radius 1 is 0.913 bits per heavy atom. The summed E-state index contributed by atoms with van der Waals surface area (Å²) in [5, 5.41) is 0. The highest BCUT2D eigenvalue weighted by Crippen LogP contribution is 2.23. The van der Waals surface area contributed by atoms with E-state index in [1.54, 1.807) is 0 Å². The van der Waals surface area contributed by atoms with Gasteiger partial charge in [0.2, 0.25) is 5.91 Å². The number of carbonyl (C=O) groups excluding carboxylic acids is 1. The molecule has 2 nitrogen and oxygen atoms in total. The van der Waals surface area contributed by atoms with Gasteiger partial charge in [0, 0.05) is 19.0 Å². The number of unbranched alkanes of at least 4 members (excludes halogenated alkanes) is 2. The van der Waals surface area contributed by atoms with E-state index in [9.17, 15) is 4.79 Å². The number of hydrogen-bond donors (Lipinski definition) is 0. The maximum atomic E-state index is 12.2. The lowest BCUT2D eigenvalue weighted by Gasteiger charge is -2.30. The molecule has 1 amide bonds. The van der Waals surface area contributed by atoms with Gasteiger partial charge < -0.3 is 4.90 Å². The molecular weight excluding hydrogens is 282 g/mol. The van der Waals surface area contributed by atoms with Gasteiger partial charge in [-0.1, -0.05) is 72.1 Å². The molecule has 1 aliphatic rings. The molecule has 0 aromatic carbocycles. The van der Waals surface area contributed by atoms with Crippen molar-refractivity contribution in [2.45, 2.75) is 111 Å². The SMILES string of the molecule is CCCCCC(C)CCCC(C)CC(C)N1CCCCCC1=O. The van der Waals surface area contributed by atoms with Crippen LogP contribution in [0.5, 0.6) is 0 Å². The first-order valence-electron chi connectivity index (χ1n) is 10.3. The molecule has 1 fully saturated rings. The van der Waals surface area contributed by atoms with Crippen molar-refractivity contribution in [3.8, 4) is 0 Å². The van der Waals surface area contributed by atoms with Gasteiger partial charge in [-0.2, -0.15) is 0 Å². The first-order chi connectivity index (χ1) is 11.0. The third-order valence-electron chi connectivity index (χ3n) is 5.58. The van der Waals surface area contributed by atoms with Gasteiger partial charge in [0.05, 0.1) is 0 Å². The first kappa shape index (κ1) is 20.5. The average Bonchev–Trinajstić information content (AvgIpc) is 2.72. The zero-order chi connectivity index (χ0) is 17.1. The molecule has 3 atom stereocenters. The number of nitrogens with zero attached hydrogens (tertiary/aromatic N) is 1. The standard InChI is InChI=1S/C21H41NO/c1-5-6-8-12-18(2)13-11-14-19(3)17-20(4)22-16-10-7-9-15-21(22)23/h18-20H,5-17H2,1-4H3. The highest BCUT2D eigenvalue weighted by molar-refractivity contribution is 5.76. The molecule has 3 unspecified atom stereocenters. The number of carbonyl (C=O) groups is 1. The lowest BCUT2D eigenvalue weighted by molar-refractivity contribution is -0.132. The number of likely N-dealkylation sites (tertiary alicyclic amines) is 1. The summed E-state index contributed by atoms with van der Waals surface area (Å²) in [6.45, 7) is 10.3. The minimum atomic E-state index is 0.395. The van der Waals surface area contributed by atoms with Crippen LogP contribution >= 0.6 is 0 Å². The van der Waals surface area contributed by atoms with Crippen LogP contribution in [0, 0.1) is 11.8 Å². The van der Waals surface area contributed by atoms with E-state index in [1.807, 2.05) is 0 Å². The molecule has 23 heavy (non-hydrogen) atoms. The summed E-state index contributed by atoms with van der Waals surface area (Å²) < 4.78 is 0. The summed E-state index contributed by atoms with van der Waals surface area (Å²) >= 11 is 0. The monoisotopic (exact) mass is 323 g/mol. The van der Waals surface area contributed by atoms with Crippen molar-refractivity contribution < 1.29 is 4.79 Å². The average molecular weight is 324 g/mol. The molecule has 0 aliphatic carbocycles. The summed E-state index contributed by atoms with van der Waals surface area (Å²) in [5.74, 6) is 2.02. The zero-order valence-corrected chi connectivity index (χ0v) is 16.3. The molecule has 2 heteroatoms. The Hall–Kier alpha value is -0.530. The van der Waals surface area contributed by atoms with Crippen molar-refractivity contribution in [2.75, 3.05) is 6.54 Å². The Morgan fingerprint density at radius 3 is 2.35 bits per heavy atom. The van der Waals surface area contributed by atoms with Crippen LogP contribution in [0.1, 0.15) is 105 Å². The van der Waals surface area contributed by atoms with Gasteiger partial charge in [-0.3, -0.25) is 4.79 Å². The Kier molecular flexibility index (Phi) is 10.6. The van der Waals surface area contributed by atoms with Crippen molar-refractivity contribution in [1.82, 2.24) is 4.90 Å². The second-order valence-electron chi connectivity index (χ2n) is 8.12. The van der Waals surface area contributed by atoms with Crippen LogP contribution in [0.2, 0.25) is 0 Å². The van der Waals surface area contributed by atoms with E-state index in [1.165, 1.54) is 64.2 Å². The summed E-state index contributed by atoms with van der Waals surface area (Å²) in [6.07, 6.45) is 15.0. The van der Waals surface area contributed by atoms with E-state index in [4.69, 9.17) is 0 Å². The van der Waals surface area contributed by atoms with Gasteiger partial charge in [0.25, 0.3) is 0 Å². The van der Waals surface area contributed by atoms with E-state index in [2.05, 4.69) is 32.6 Å². The van der Waals surface area contributed by atoms with Crippen LogP contribution in [-0.2, 0) is 4.79 Å². The molecule has 0 aromatic heterocycles. The fourth-order valence-corrected chi connectivity index (χ4v) is 4.00. The molecule has 0 spiro atoms. The van der Waals surface area contributed by atoms with Gasteiger partial charge in [-0.25, -0.2) is 0 Å². The van der Waals surface area contributed by atoms with Crippen molar-refractivity contribution in [3.63, 3.8) is 0 Å². The molecular formula is C21H41NO. The Balaban J connectivity index is 2.19. The van der Waals surface area contributed by atoms with Crippen LogP contribution < -0.4 is 0 Å². The Labute approximate surface area is 145 Å². The third kappa shape index (κ3) is 8.77. The molecule has 136 valence electrons. The molecule has 1 rings (SSSR count). The maximum absolute atomic E-state index is 12.2. The van der Waals surface area contributed by atoms with E-state index in [0.717, 1.165) is 31.2 Å². The predicted octanol–water partition coefficient (Wildman–Crippen LogP) is 6.19. The minimum absolute atomic E-state index is 0.395. The van der Waals surface area contributed by atoms with Crippen LogP contribution in [0.25, 0.3) is 0 Å². The van der Waals surface area contributed by atoms with Crippen molar-refractivity contribution in [1.29, 1.82) is 0 Å². The fourth-order valence-electron chi connectivity index (χ4n) is 4.00. The first-order valence-corrected chi connectivity index (χ1v) is 10.3. The number of rotatable bonds is 11. The molecule has 0 aromatic rings. The van der Waals surface area contributed by atoms with Gasteiger partial charge in [-0.05, 0) is 38.0 Å². The van der Waals surface area contributed by atoms with Gasteiger partial charge in [0.15, 0.2) is 0 Å². The Morgan fingerprint density at radius 2 is 1.61 bits per heavy atom. The van der Waals surface area contributed by atoms with Crippen molar-refractivity contribution >= 4 is 5.91 Å². The second-order valence-corrected chi connectivity index (χ2v) is 8.12. The van der Waals surface area contributed by atoms with Crippen LogP contribution in [0.15, 0.2) is 0 Å². The molecule has 1 aliphatic heterocycles. The summed E-state index contributed by atoms with van der Waals surface area (Å²) in [4.78, 5) is 14.4. The number of hydrogen-bond acceptors (Lipinski definition) is 1. The van der Waals surface area contributed by atoms with E-state index >= 15 is 0 Å². The lowest BCUT2D eigenvalue weighted by atomic mass is 9.92. The molecule has 1 heterocycles. The van der Waals surface area contributed by atoms with E-state index < -0.39 is 0 Å². The van der Waals surface area contributed by atoms with Crippen LogP contribution in [0.3, 0.4) is 0 Å². The topological polar surface area (TPSA) is 20.3 Å². The van der Waals surface area contributed by atoms with E-state index in [0.29, 0.717) is 11.9 Å². The van der Waals surface area contributed by atoms with Crippen molar-refractivity contribution in [2.24, 2.45) is 11.8 Å². The smallest absolute Gasteiger partial charge is 0.222 e. The van der Waals surface area contributed by atoms with Gasteiger partial charge >= 0.3 is 0 Å². The minimum Gasteiger partial charge on any atom is -0.340 e. The molecule has 0 radical (unpaired) electrons. The quantitative estimate of drug-likeness (QED) is 0.415. The molecule has 0 N–H and O–H groups in total. The summed E-state index contributed by atoms with van der Waals surface area (Å²) in [7, 11) is 0. The summed E-state index contributed by atoms with van der Waals surface area (Å²) in [5.41, 5.74) is 0. The highest BCUT2D eigenvalue weighted by atomic mass is 16.2. The fraction of sp³-hybridized carbons (Fsp3) is 0.952. The lowest BCUT2D eigenvalue weighted by Crippen LogP contribution is -2.39. The van der Waals surface area contributed by atoms with Crippen LogP contribution in [0.4, 0.5) is 0 Å². The normalized spacial score (nSPS) is 20.2. The predicted molar refractivity (Wildman–Crippen MR) is 101 cm³/mol. The largest absolute Gasteiger partial charge is 0.340 e. The van der Waals surface area contributed by atoms with E-state index in [-0.39, 0.29) is 0 Å². The second kappa shape index (κ2) is 11.9. The molecule has 0 bridgehead atoms. The zero-order valence-electron chi connectivity index (χ0n) is 16.3. The summed E-state index contributed by atoms with van der Waals surface area (Å²) in [6, 6.07) is 0.428.